The maximum absolute atomic E-state index is 13.2. The second-order valence-corrected chi connectivity index (χ2v) is 11.6. The predicted octanol–water partition coefficient (Wildman–Crippen LogP) is 6.42. The van der Waals surface area contributed by atoms with Crippen molar-refractivity contribution >= 4 is 51.9 Å². The molecule has 12 nitrogen and oxygen atoms in total. The smallest absolute Gasteiger partial charge is 0.277 e. The van der Waals surface area contributed by atoms with E-state index in [4.69, 9.17) is 4.74 Å². The molecule has 2 N–H and O–H groups in total. The van der Waals surface area contributed by atoms with Crippen LogP contribution in [0.4, 0.5) is 11.4 Å². The number of carbonyl (C=O) groups excluding carboxylic acids is 2. The monoisotopic (exact) mass is 663 g/mol. The van der Waals surface area contributed by atoms with Crippen molar-refractivity contribution in [1.29, 1.82) is 0 Å². The van der Waals surface area contributed by atoms with E-state index in [1.54, 1.807) is 24.3 Å². The Morgan fingerprint density at radius 1 is 0.792 bits per heavy atom. The number of amides is 2. The summed E-state index contributed by atoms with van der Waals surface area (Å²) >= 11 is 1.37. The summed E-state index contributed by atoms with van der Waals surface area (Å²) in [4.78, 5) is 47.2. The normalized spacial score (nSPS) is 11.6. The van der Waals surface area contributed by atoms with Crippen LogP contribution in [-0.2, 0) is 17.2 Å². The molecule has 0 aliphatic heterocycles. The summed E-state index contributed by atoms with van der Waals surface area (Å²) in [6.07, 6.45) is 1.44. The van der Waals surface area contributed by atoms with Crippen molar-refractivity contribution in [3.63, 3.8) is 0 Å². The summed E-state index contributed by atoms with van der Waals surface area (Å²) in [5.74, 6) is -0.200. The first-order valence-corrected chi connectivity index (χ1v) is 15.8. The van der Waals surface area contributed by atoms with Gasteiger partial charge in [-0.3, -0.25) is 29.8 Å². The molecule has 0 radical (unpaired) electrons. The molecule has 1 atom stereocenters. The Morgan fingerprint density at radius 2 is 1.46 bits per heavy atom. The quantitative estimate of drug-likeness (QED) is 0.0780. The molecule has 242 valence electrons. The second kappa shape index (κ2) is 16.0. The van der Waals surface area contributed by atoms with Crippen LogP contribution < -0.4 is 15.5 Å². The lowest BCUT2D eigenvalue weighted by atomic mass is 10.1. The molecule has 0 aliphatic carbocycles. The SMILES string of the molecule is O=C(NC(CSCc1ccccc1)C(=O)NN=Cc1ccc(OCc2ccc3ccccc3c2)cc1)c1cc([N+](=O)[O-])cc([N+](=O)[O-])c1. The predicted molar refractivity (Wildman–Crippen MR) is 184 cm³/mol. The zero-order chi connectivity index (χ0) is 33.9. The van der Waals surface area contributed by atoms with Gasteiger partial charge in [0.05, 0.1) is 27.7 Å². The number of rotatable bonds is 14. The van der Waals surface area contributed by atoms with E-state index in [-0.39, 0.29) is 11.3 Å². The van der Waals surface area contributed by atoms with Crippen molar-refractivity contribution in [3.8, 4) is 5.75 Å². The van der Waals surface area contributed by atoms with Gasteiger partial charge in [-0.2, -0.15) is 16.9 Å². The average molecular weight is 664 g/mol. The standard InChI is InChI=1S/C35H29N5O7S/c41-34(29-17-30(39(43)44)19-31(18-29)40(45)46)37-33(23-48-22-25-6-2-1-3-7-25)35(42)38-36-20-24-11-14-32(15-12-24)47-21-26-10-13-27-8-4-5-9-28(27)16-26/h1-20,33H,21-23H2,(H,37,41)(H,38,42). The fourth-order valence-electron chi connectivity index (χ4n) is 4.62. The average Bonchev–Trinajstić information content (AvgIpc) is 3.10. The van der Waals surface area contributed by atoms with Crippen LogP contribution in [0, 0.1) is 20.2 Å². The van der Waals surface area contributed by atoms with Crippen molar-refractivity contribution in [1.82, 2.24) is 10.7 Å². The highest BCUT2D eigenvalue weighted by molar-refractivity contribution is 7.98. The van der Waals surface area contributed by atoms with Crippen molar-refractivity contribution in [2.75, 3.05) is 5.75 Å². The number of hydrogen-bond acceptors (Lipinski definition) is 9. The minimum Gasteiger partial charge on any atom is -0.489 e. The number of nitrogens with zero attached hydrogens (tertiary/aromatic N) is 3. The van der Waals surface area contributed by atoms with Gasteiger partial charge in [0.25, 0.3) is 23.2 Å². The molecule has 0 bridgehead atoms. The van der Waals surface area contributed by atoms with Crippen LogP contribution in [0.3, 0.4) is 0 Å². The molecule has 1 unspecified atom stereocenters. The van der Waals surface area contributed by atoms with Gasteiger partial charge in [0.2, 0.25) is 0 Å². The first-order chi connectivity index (χ1) is 23.2. The highest BCUT2D eigenvalue weighted by atomic mass is 32.2. The van der Waals surface area contributed by atoms with Crippen molar-refractivity contribution in [2.45, 2.75) is 18.4 Å². The number of nitro benzene ring substituents is 2. The lowest BCUT2D eigenvalue weighted by molar-refractivity contribution is -0.394. The Bertz CT molecular complexity index is 1940. The molecule has 2 amide bonds. The van der Waals surface area contributed by atoms with Gasteiger partial charge in [-0.15, -0.1) is 0 Å². The van der Waals surface area contributed by atoms with Crippen molar-refractivity contribution in [3.05, 3.63) is 158 Å². The van der Waals surface area contributed by atoms with Gasteiger partial charge in [-0.25, -0.2) is 5.43 Å². The number of thioether (sulfide) groups is 1. The lowest BCUT2D eigenvalue weighted by Gasteiger charge is -2.17. The summed E-state index contributed by atoms with van der Waals surface area (Å²) in [7, 11) is 0. The molecular weight excluding hydrogens is 634 g/mol. The molecule has 5 aromatic rings. The summed E-state index contributed by atoms with van der Waals surface area (Å²) < 4.78 is 5.92. The van der Waals surface area contributed by atoms with Gasteiger partial charge in [-0.1, -0.05) is 66.7 Å². The number of hydrogen-bond donors (Lipinski definition) is 2. The molecule has 0 spiro atoms. The highest BCUT2D eigenvalue weighted by Gasteiger charge is 2.25. The first-order valence-electron chi connectivity index (χ1n) is 14.6. The lowest BCUT2D eigenvalue weighted by Crippen LogP contribution is -2.47. The number of ether oxygens (including phenoxy) is 1. The fourth-order valence-corrected chi connectivity index (χ4v) is 5.64. The van der Waals surface area contributed by atoms with Crippen LogP contribution in [-0.4, -0.2) is 39.7 Å². The molecule has 0 heterocycles. The van der Waals surface area contributed by atoms with Crippen LogP contribution in [0.25, 0.3) is 10.8 Å². The topological polar surface area (TPSA) is 166 Å². The molecule has 0 fully saturated rings. The molecule has 5 rings (SSSR count). The molecule has 13 heteroatoms. The molecule has 0 saturated heterocycles. The van der Waals surface area contributed by atoms with Crippen molar-refractivity contribution in [2.24, 2.45) is 5.10 Å². The number of hydrazone groups is 1. The summed E-state index contributed by atoms with van der Waals surface area (Å²) in [6, 6.07) is 32.4. The van der Waals surface area contributed by atoms with E-state index in [9.17, 15) is 29.8 Å². The van der Waals surface area contributed by atoms with Crippen LogP contribution >= 0.6 is 11.8 Å². The van der Waals surface area contributed by atoms with Gasteiger partial charge >= 0.3 is 0 Å². The number of nitrogens with one attached hydrogen (secondary N) is 2. The van der Waals surface area contributed by atoms with Crippen LogP contribution in [0.5, 0.6) is 5.75 Å². The first kappa shape index (κ1) is 33.3. The molecule has 5 aromatic carbocycles. The van der Waals surface area contributed by atoms with Crippen LogP contribution in [0.1, 0.15) is 27.0 Å². The van der Waals surface area contributed by atoms with E-state index >= 15 is 0 Å². The van der Waals surface area contributed by atoms with Gasteiger partial charge in [0.1, 0.15) is 18.4 Å². The summed E-state index contributed by atoms with van der Waals surface area (Å²) in [5.41, 5.74) is 3.58. The zero-order valence-corrected chi connectivity index (χ0v) is 26.2. The minimum atomic E-state index is -1.12. The van der Waals surface area contributed by atoms with E-state index < -0.39 is 39.1 Å². The summed E-state index contributed by atoms with van der Waals surface area (Å²) in [5, 5.41) is 31.5. The van der Waals surface area contributed by atoms with E-state index in [2.05, 4.69) is 40.1 Å². The minimum absolute atomic E-state index is 0.127. The van der Waals surface area contributed by atoms with Gasteiger partial charge in [0.15, 0.2) is 0 Å². The molecular formula is C35H29N5O7S. The third-order valence-electron chi connectivity index (χ3n) is 7.09. The Labute approximate surface area is 279 Å². The Balaban J connectivity index is 1.21. The second-order valence-electron chi connectivity index (χ2n) is 10.6. The maximum Gasteiger partial charge on any atom is 0.277 e. The highest BCUT2D eigenvalue weighted by Crippen LogP contribution is 2.23. The largest absolute Gasteiger partial charge is 0.489 e. The van der Waals surface area contributed by atoms with E-state index in [1.807, 2.05) is 48.5 Å². The van der Waals surface area contributed by atoms with E-state index in [0.29, 0.717) is 23.7 Å². The fraction of sp³-hybridized carbons (Fsp3) is 0.114. The third kappa shape index (κ3) is 9.23. The van der Waals surface area contributed by atoms with E-state index in [0.717, 1.165) is 40.1 Å². The third-order valence-corrected chi connectivity index (χ3v) is 8.20. The number of fused-ring (bicyclic) bond motifs is 1. The zero-order valence-electron chi connectivity index (χ0n) is 25.4. The molecule has 0 aromatic heterocycles. The van der Waals surface area contributed by atoms with Crippen LogP contribution in [0.15, 0.2) is 120 Å². The number of benzene rings is 5. The van der Waals surface area contributed by atoms with Crippen LogP contribution in [0.2, 0.25) is 0 Å². The summed E-state index contributed by atoms with van der Waals surface area (Å²) in [6.45, 7) is 0.396. The maximum atomic E-state index is 13.2. The molecule has 48 heavy (non-hydrogen) atoms. The van der Waals surface area contributed by atoms with E-state index in [1.165, 1.54) is 18.0 Å². The van der Waals surface area contributed by atoms with Gasteiger partial charge in [-0.05, 0) is 57.8 Å². The van der Waals surface area contributed by atoms with Crippen molar-refractivity contribution < 1.29 is 24.2 Å². The Morgan fingerprint density at radius 3 is 2.15 bits per heavy atom. The van der Waals surface area contributed by atoms with Gasteiger partial charge in [0, 0.05) is 23.6 Å². The molecule has 0 saturated carbocycles. The number of carbonyl (C=O) groups is 2. The van der Waals surface area contributed by atoms with Gasteiger partial charge < -0.3 is 10.1 Å². The molecule has 0 aliphatic rings. The number of non-ortho nitro benzene ring substituents is 2. The Hall–Kier alpha value is -6.08. The Kier molecular flexibility index (Phi) is 11.1. The number of nitro groups is 2.